The van der Waals surface area contributed by atoms with Crippen molar-refractivity contribution in [1.29, 1.82) is 0 Å². The number of hydrogen-bond acceptors (Lipinski definition) is 3. The second kappa shape index (κ2) is 7.13. The molecule has 4 nitrogen and oxygen atoms in total. The average molecular weight is 351 g/mol. The zero-order valence-corrected chi connectivity index (χ0v) is 13.1. The largest absolute Gasteiger partial charge is 0.494 e. The molecule has 0 saturated heterocycles. The highest BCUT2D eigenvalue weighted by molar-refractivity contribution is 9.10. The first kappa shape index (κ1) is 15.4. The summed E-state index contributed by atoms with van der Waals surface area (Å²) in [6.45, 7) is 2.70. The molecule has 0 aliphatic carbocycles. The average Bonchev–Trinajstić information content (AvgIpc) is 2.46. The van der Waals surface area contributed by atoms with Crippen molar-refractivity contribution in [3.05, 3.63) is 52.5 Å². The van der Waals surface area contributed by atoms with Crippen LogP contribution < -0.4 is 9.47 Å². The highest BCUT2D eigenvalue weighted by Gasteiger charge is 2.12. The summed E-state index contributed by atoms with van der Waals surface area (Å²) in [5, 5.41) is 9.16. The minimum absolute atomic E-state index is 0.115. The van der Waals surface area contributed by atoms with Crippen LogP contribution in [-0.4, -0.2) is 17.7 Å². The van der Waals surface area contributed by atoms with Crippen LogP contribution in [0.2, 0.25) is 0 Å². The van der Waals surface area contributed by atoms with E-state index in [1.165, 1.54) is 6.07 Å². The molecule has 0 aromatic heterocycles. The summed E-state index contributed by atoms with van der Waals surface area (Å²) in [4.78, 5) is 11.2. The fourth-order valence-electron chi connectivity index (χ4n) is 1.71. The Balaban J connectivity index is 2.18. The molecular formula is C16H15BrO4. The van der Waals surface area contributed by atoms with Gasteiger partial charge >= 0.3 is 5.97 Å². The Labute approximate surface area is 131 Å². The number of benzene rings is 2. The van der Waals surface area contributed by atoms with Gasteiger partial charge in [0.1, 0.15) is 22.8 Å². The van der Waals surface area contributed by atoms with Crippen LogP contribution in [0.4, 0.5) is 0 Å². The van der Waals surface area contributed by atoms with Crippen LogP contribution in [0.15, 0.2) is 46.9 Å². The molecule has 2 rings (SSSR count). The molecule has 0 aliphatic heterocycles. The van der Waals surface area contributed by atoms with E-state index in [4.69, 9.17) is 14.6 Å². The molecule has 0 saturated carbocycles. The lowest BCUT2D eigenvalue weighted by Gasteiger charge is -2.10. The van der Waals surface area contributed by atoms with E-state index in [1.807, 2.05) is 6.92 Å². The number of halogens is 1. The number of aromatic carboxylic acids is 1. The molecule has 1 N–H and O–H groups in total. The lowest BCUT2D eigenvalue weighted by Crippen LogP contribution is -2.00. The molecular weight excluding hydrogens is 336 g/mol. The third-order valence-electron chi connectivity index (χ3n) is 2.70. The van der Waals surface area contributed by atoms with Crippen molar-refractivity contribution in [3.63, 3.8) is 0 Å². The fourth-order valence-corrected chi connectivity index (χ4v) is 2.05. The smallest absolute Gasteiger partial charge is 0.339 e. The molecule has 5 heteroatoms. The third-order valence-corrected chi connectivity index (χ3v) is 3.19. The quantitative estimate of drug-likeness (QED) is 0.818. The van der Waals surface area contributed by atoms with Crippen LogP contribution in [-0.2, 0) is 0 Å². The van der Waals surface area contributed by atoms with E-state index >= 15 is 0 Å². The zero-order chi connectivity index (χ0) is 15.2. The maximum atomic E-state index is 11.2. The molecule has 0 radical (unpaired) electrons. The molecule has 0 heterocycles. The van der Waals surface area contributed by atoms with E-state index in [0.29, 0.717) is 18.1 Å². The number of carbonyl (C=O) groups is 1. The zero-order valence-electron chi connectivity index (χ0n) is 11.5. The van der Waals surface area contributed by atoms with Gasteiger partial charge in [-0.25, -0.2) is 4.79 Å². The van der Waals surface area contributed by atoms with Gasteiger partial charge in [0.05, 0.1) is 6.61 Å². The van der Waals surface area contributed by atoms with E-state index in [0.717, 1.165) is 16.6 Å². The van der Waals surface area contributed by atoms with Crippen LogP contribution >= 0.6 is 15.9 Å². The maximum Gasteiger partial charge on any atom is 0.339 e. The van der Waals surface area contributed by atoms with Crippen molar-refractivity contribution in [1.82, 2.24) is 0 Å². The summed E-state index contributed by atoms with van der Waals surface area (Å²) < 4.78 is 11.9. The van der Waals surface area contributed by atoms with E-state index in [-0.39, 0.29) is 5.56 Å². The molecule has 21 heavy (non-hydrogen) atoms. The molecule has 0 spiro atoms. The van der Waals surface area contributed by atoms with Crippen molar-refractivity contribution in [3.8, 4) is 17.2 Å². The Morgan fingerprint density at radius 2 is 1.81 bits per heavy atom. The number of ether oxygens (including phenoxy) is 2. The predicted octanol–water partition coefficient (Wildman–Crippen LogP) is 4.73. The number of hydrogen-bond donors (Lipinski definition) is 1. The van der Waals surface area contributed by atoms with Gasteiger partial charge < -0.3 is 14.6 Å². The number of rotatable bonds is 6. The predicted molar refractivity (Wildman–Crippen MR) is 83.4 cm³/mol. The van der Waals surface area contributed by atoms with E-state index < -0.39 is 5.97 Å². The Morgan fingerprint density at radius 1 is 1.14 bits per heavy atom. The molecule has 0 fully saturated rings. The standard InChI is InChI=1S/C16H15BrO4/c1-2-9-20-12-4-6-13(7-5-12)21-15-10-11(17)3-8-14(15)16(18)19/h3-8,10H,2,9H2,1H3,(H,18,19). The van der Waals surface area contributed by atoms with Gasteiger partial charge in [-0.1, -0.05) is 22.9 Å². The van der Waals surface area contributed by atoms with Crippen molar-refractivity contribution in [2.75, 3.05) is 6.61 Å². The fraction of sp³-hybridized carbons (Fsp3) is 0.188. The van der Waals surface area contributed by atoms with Gasteiger partial charge in [-0.15, -0.1) is 0 Å². The van der Waals surface area contributed by atoms with Crippen molar-refractivity contribution >= 4 is 21.9 Å². The highest BCUT2D eigenvalue weighted by Crippen LogP contribution is 2.29. The molecule has 0 atom stereocenters. The number of carboxylic acid groups (broad SMARTS) is 1. The summed E-state index contributed by atoms with van der Waals surface area (Å²) in [5.41, 5.74) is 0.115. The Bertz CT molecular complexity index is 623. The summed E-state index contributed by atoms with van der Waals surface area (Å²) in [6.07, 6.45) is 0.943. The summed E-state index contributed by atoms with van der Waals surface area (Å²) in [5.74, 6) is 0.579. The molecule has 110 valence electrons. The van der Waals surface area contributed by atoms with Gasteiger partial charge in [-0.3, -0.25) is 0 Å². The van der Waals surface area contributed by atoms with E-state index in [9.17, 15) is 4.79 Å². The van der Waals surface area contributed by atoms with Crippen molar-refractivity contribution < 1.29 is 19.4 Å². The van der Waals surface area contributed by atoms with Crippen molar-refractivity contribution in [2.45, 2.75) is 13.3 Å². The monoisotopic (exact) mass is 350 g/mol. The van der Waals surface area contributed by atoms with Crippen LogP contribution in [0, 0.1) is 0 Å². The van der Waals surface area contributed by atoms with Crippen LogP contribution in [0.5, 0.6) is 17.2 Å². The first-order chi connectivity index (χ1) is 10.1. The molecule has 0 aliphatic rings. The van der Waals surface area contributed by atoms with Crippen LogP contribution in [0.25, 0.3) is 0 Å². The SMILES string of the molecule is CCCOc1ccc(Oc2cc(Br)ccc2C(=O)O)cc1. The second-order valence-corrected chi connectivity index (χ2v) is 5.28. The van der Waals surface area contributed by atoms with E-state index in [1.54, 1.807) is 36.4 Å². The summed E-state index contributed by atoms with van der Waals surface area (Å²) in [7, 11) is 0. The highest BCUT2D eigenvalue weighted by atomic mass is 79.9. The second-order valence-electron chi connectivity index (χ2n) is 4.37. The minimum Gasteiger partial charge on any atom is -0.494 e. The lowest BCUT2D eigenvalue weighted by molar-refractivity contribution is 0.0694. The third kappa shape index (κ3) is 4.23. The Hall–Kier alpha value is -2.01. The van der Waals surface area contributed by atoms with Gasteiger partial charge in [0.15, 0.2) is 0 Å². The molecule has 0 unspecified atom stereocenters. The van der Waals surface area contributed by atoms with E-state index in [2.05, 4.69) is 15.9 Å². The molecule has 0 bridgehead atoms. The Morgan fingerprint density at radius 3 is 2.43 bits per heavy atom. The van der Waals surface area contributed by atoms with Crippen molar-refractivity contribution in [2.24, 2.45) is 0 Å². The van der Waals surface area contributed by atoms with Crippen LogP contribution in [0.1, 0.15) is 23.7 Å². The van der Waals surface area contributed by atoms with Gasteiger partial charge in [0.2, 0.25) is 0 Å². The van der Waals surface area contributed by atoms with Gasteiger partial charge in [0, 0.05) is 4.47 Å². The van der Waals surface area contributed by atoms with Gasteiger partial charge in [0.25, 0.3) is 0 Å². The number of carboxylic acids is 1. The molecule has 2 aromatic carbocycles. The topological polar surface area (TPSA) is 55.8 Å². The first-order valence-corrected chi connectivity index (χ1v) is 7.33. The van der Waals surface area contributed by atoms with Gasteiger partial charge in [-0.05, 0) is 48.9 Å². The normalized spacial score (nSPS) is 10.2. The van der Waals surface area contributed by atoms with Gasteiger partial charge in [-0.2, -0.15) is 0 Å². The summed E-state index contributed by atoms with van der Waals surface area (Å²) in [6, 6.07) is 11.9. The lowest BCUT2D eigenvalue weighted by atomic mass is 10.2. The molecule has 0 amide bonds. The molecule has 2 aromatic rings. The summed E-state index contributed by atoms with van der Waals surface area (Å²) >= 11 is 3.31. The minimum atomic E-state index is -1.03. The maximum absolute atomic E-state index is 11.2. The Kier molecular flexibility index (Phi) is 5.22. The first-order valence-electron chi connectivity index (χ1n) is 6.53. The van der Waals surface area contributed by atoms with Crippen LogP contribution in [0.3, 0.4) is 0 Å².